The van der Waals surface area contributed by atoms with Crippen molar-refractivity contribution >= 4 is 0 Å². The Balaban J connectivity index is 2.47. The number of pyridine rings is 1. The molecule has 1 unspecified atom stereocenters. The lowest BCUT2D eigenvalue weighted by Crippen LogP contribution is -2.23. The van der Waals surface area contributed by atoms with Crippen LogP contribution >= 0.6 is 0 Å². The molecule has 0 saturated carbocycles. The standard InChI is InChI=1S/C13H21FN2O2/c1-3-16-13(5-7-18-9-8-17-2)11-4-6-15-10-12(11)14/h4,6,10,13,16H,3,5,7-9H2,1-2H3. The molecule has 1 rings (SSSR count). The maximum absolute atomic E-state index is 13.6. The number of nitrogens with one attached hydrogen (secondary N) is 1. The first kappa shape index (κ1) is 15.0. The number of hydrogen-bond acceptors (Lipinski definition) is 4. The smallest absolute Gasteiger partial charge is 0.146 e. The van der Waals surface area contributed by atoms with Crippen LogP contribution in [0.15, 0.2) is 18.5 Å². The Bertz CT molecular complexity index is 337. The highest BCUT2D eigenvalue weighted by atomic mass is 19.1. The average Bonchev–Trinajstić information content (AvgIpc) is 2.38. The second-order valence-electron chi connectivity index (χ2n) is 3.90. The summed E-state index contributed by atoms with van der Waals surface area (Å²) in [5.41, 5.74) is 0.641. The van der Waals surface area contributed by atoms with Crippen LogP contribution in [0.5, 0.6) is 0 Å². The van der Waals surface area contributed by atoms with Gasteiger partial charge in [-0.1, -0.05) is 6.92 Å². The second-order valence-corrected chi connectivity index (χ2v) is 3.90. The lowest BCUT2D eigenvalue weighted by atomic mass is 10.1. The molecule has 0 aliphatic heterocycles. The van der Waals surface area contributed by atoms with Gasteiger partial charge in [-0.05, 0) is 19.0 Å². The maximum Gasteiger partial charge on any atom is 0.146 e. The molecule has 0 spiro atoms. The molecular formula is C13H21FN2O2. The van der Waals surface area contributed by atoms with E-state index in [0.29, 0.717) is 25.4 Å². The Labute approximate surface area is 108 Å². The van der Waals surface area contributed by atoms with Gasteiger partial charge in [0.15, 0.2) is 0 Å². The molecule has 0 radical (unpaired) electrons. The first-order valence-corrected chi connectivity index (χ1v) is 6.19. The maximum atomic E-state index is 13.6. The molecule has 1 atom stereocenters. The van der Waals surface area contributed by atoms with Gasteiger partial charge in [0, 0.05) is 31.5 Å². The average molecular weight is 256 g/mol. The fourth-order valence-electron chi connectivity index (χ4n) is 1.73. The molecule has 18 heavy (non-hydrogen) atoms. The van der Waals surface area contributed by atoms with E-state index in [4.69, 9.17) is 9.47 Å². The van der Waals surface area contributed by atoms with Gasteiger partial charge >= 0.3 is 0 Å². The molecule has 0 bridgehead atoms. The largest absolute Gasteiger partial charge is 0.382 e. The van der Waals surface area contributed by atoms with Crippen molar-refractivity contribution in [3.8, 4) is 0 Å². The van der Waals surface area contributed by atoms with Crippen LogP contribution in [0.25, 0.3) is 0 Å². The third-order valence-electron chi connectivity index (χ3n) is 2.61. The fourth-order valence-corrected chi connectivity index (χ4v) is 1.73. The molecule has 0 saturated heterocycles. The zero-order valence-electron chi connectivity index (χ0n) is 11.0. The van der Waals surface area contributed by atoms with Crippen molar-refractivity contribution < 1.29 is 13.9 Å². The van der Waals surface area contributed by atoms with Gasteiger partial charge in [-0.25, -0.2) is 4.39 Å². The topological polar surface area (TPSA) is 43.4 Å². The summed E-state index contributed by atoms with van der Waals surface area (Å²) in [6.45, 7) is 4.49. The van der Waals surface area contributed by atoms with Gasteiger partial charge in [0.2, 0.25) is 0 Å². The molecule has 0 fully saturated rings. The Morgan fingerprint density at radius 2 is 2.22 bits per heavy atom. The quantitative estimate of drug-likeness (QED) is 0.686. The van der Waals surface area contributed by atoms with Crippen molar-refractivity contribution in [1.29, 1.82) is 0 Å². The summed E-state index contributed by atoms with van der Waals surface area (Å²) < 4.78 is 23.9. The van der Waals surface area contributed by atoms with Crippen molar-refractivity contribution in [1.82, 2.24) is 10.3 Å². The lowest BCUT2D eigenvalue weighted by molar-refractivity contribution is 0.0657. The molecular weight excluding hydrogens is 235 g/mol. The van der Waals surface area contributed by atoms with Crippen LogP contribution in [0.2, 0.25) is 0 Å². The van der Waals surface area contributed by atoms with Crippen molar-refractivity contribution in [2.45, 2.75) is 19.4 Å². The van der Waals surface area contributed by atoms with Crippen molar-refractivity contribution in [3.63, 3.8) is 0 Å². The molecule has 1 N–H and O–H groups in total. The first-order chi connectivity index (χ1) is 8.79. The minimum Gasteiger partial charge on any atom is -0.382 e. The molecule has 0 amide bonds. The Morgan fingerprint density at radius 1 is 1.39 bits per heavy atom. The van der Waals surface area contributed by atoms with Crippen LogP contribution in [0.1, 0.15) is 24.9 Å². The van der Waals surface area contributed by atoms with Crippen molar-refractivity contribution in [2.24, 2.45) is 0 Å². The summed E-state index contributed by atoms with van der Waals surface area (Å²) in [5, 5.41) is 3.25. The molecule has 0 aromatic carbocycles. The van der Waals surface area contributed by atoms with E-state index >= 15 is 0 Å². The van der Waals surface area contributed by atoms with Gasteiger partial charge in [-0.15, -0.1) is 0 Å². The summed E-state index contributed by atoms with van der Waals surface area (Å²) in [7, 11) is 1.64. The van der Waals surface area contributed by atoms with Gasteiger partial charge in [-0.2, -0.15) is 0 Å². The van der Waals surface area contributed by atoms with Gasteiger partial charge in [0.25, 0.3) is 0 Å². The van der Waals surface area contributed by atoms with Gasteiger partial charge in [0.05, 0.1) is 19.4 Å². The van der Waals surface area contributed by atoms with E-state index in [1.54, 1.807) is 19.4 Å². The zero-order chi connectivity index (χ0) is 13.2. The summed E-state index contributed by atoms with van der Waals surface area (Å²) in [6.07, 6.45) is 3.57. The highest BCUT2D eigenvalue weighted by molar-refractivity contribution is 5.17. The Kier molecular flexibility index (Phi) is 7.48. The summed E-state index contributed by atoms with van der Waals surface area (Å²) in [6, 6.07) is 1.67. The molecule has 0 aliphatic rings. The van der Waals surface area contributed by atoms with Gasteiger partial charge < -0.3 is 14.8 Å². The lowest BCUT2D eigenvalue weighted by Gasteiger charge is -2.18. The van der Waals surface area contributed by atoms with Crippen molar-refractivity contribution in [2.75, 3.05) is 33.5 Å². The van der Waals surface area contributed by atoms with Crippen LogP contribution < -0.4 is 5.32 Å². The van der Waals surface area contributed by atoms with E-state index in [1.165, 1.54) is 6.20 Å². The predicted octanol–water partition coefficient (Wildman–Crippen LogP) is 1.92. The van der Waals surface area contributed by atoms with Crippen LogP contribution in [-0.4, -0.2) is 38.5 Å². The molecule has 102 valence electrons. The van der Waals surface area contributed by atoms with Gasteiger partial charge in [0.1, 0.15) is 5.82 Å². The number of halogens is 1. The number of hydrogen-bond donors (Lipinski definition) is 1. The molecule has 1 aromatic heterocycles. The summed E-state index contributed by atoms with van der Waals surface area (Å²) >= 11 is 0. The number of aromatic nitrogens is 1. The number of methoxy groups -OCH3 is 1. The summed E-state index contributed by atoms with van der Waals surface area (Å²) in [5.74, 6) is -0.277. The van der Waals surface area contributed by atoms with Crippen LogP contribution in [0, 0.1) is 5.82 Å². The van der Waals surface area contributed by atoms with E-state index in [-0.39, 0.29) is 11.9 Å². The Morgan fingerprint density at radius 3 is 2.89 bits per heavy atom. The third-order valence-corrected chi connectivity index (χ3v) is 2.61. The minimum absolute atomic E-state index is 0.0412. The van der Waals surface area contributed by atoms with Crippen molar-refractivity contribution in [3.05, 3.63) is 29.8 Å². The monoisotopic (exact) mass is 256 g/mol. The summed E-state index contributed by atoms with van der Waals surface area (Å²) in [4.78, 5) is 3.76. The number of rotatable bonds is 9. The Hall–Kier alpha value is -1.04. The molecule has 5 heteroatoms. The normalized spacial score (nSPS) is 12.6. The van der Waals surface area contributed by atoms with Gasteiger partial charge in [-0.3, -0.25) is 4.98 Å². The van der Waals surface area contributed by atoms with Crippen LogP contribution in [-0.2, 0) is 9.47 Å². The fraction of sp³-hybridized carbons (Fsp3) is 0.615. The minimum atomic E-state index is -0.277. The van der Waals surface area contributed by atoms with E-state index in [0.717, 1.165) is 13.0 Å². The zero-order valence-corrected chi connectivity index (χ0v) is 11.0. The van der Waals surface area contributed by atoms with E-state index in [1.807, 2.05) is 6.92 Å². The third kappa shape index (κ3) is 5.08. The SMILES string of the molecule is CCNC(CCOCCOC)c1ccncc1F. The highest BCUT2D eigenvalue weighted by Crippen LogP contribution is 2.19. The molecule has 4 nitrogen and oxygen atoms in total. The molecule has 0 aliphatic carbocycles. The van der Waals surface area contributed by atoms with Crippen LogP contribution in [0.3, 0.4) is 0 Å². The number of ether oxygens (including phenoxy) is 2. The predicted molar refractivity (Wildman–Crippen MR) is 67.9 cm³/mol. The number of nitrogens with zero attached hydrogens (tertiary/aromatic N) is 1. The molecule has 1 aromatic rings. The molecule has 1 heterocycles. The van der Waals surface area contributed by atoms with E-state index < -0.39 is 0 Å². The van der Waals surface area contributed by atoms with E-state index in [9.17, 15) is 4.39 Å². The van der Waals surface area contributed by atoms with Crippen LogP contribution in [0.4, 0.5) is 4.39 Å². The highest BCUT2D eigenvalue weighted by Gasteiger charge is 2.14. The van der Waals surface area contributed by atoms with E-state index in [2.05, 4.69) is 10.3 Å². The first-order valence-electron chi connectivity index (χ1n) is 6.19. The second kappa shape index (κ2) is 8.97.